The van der Waals surface area contributed by atoms with Crippen LogP contribution in [0.4, 0.5) is 5.69 Å². The summed E-state index contributed by atoms with van der Waals surface area (Å²) >= 11 is 1.51. The highest BCUT2D eigenvalue weighted by Gasteiger charge is 2.22. The Kier molecular flexibility index (Phi) is 4.58. The molecule has 1 aromatic heterocycles. The monoisotopic (exact) mass is 280 g/mol. The summed E-state index contributed by atoms with van der Waals surface area (Å²) in [5.41, 5.74) is 0.719. The summed E-state index contributed by atoms with van der Waals surface area (Å²) in [6, 6.07) is 2.01. The normalized spacial score (nSPS) is 14.9. The molecule has 2 rings (SSSR count). The molecule has 0 spiro atoms. The van der Waals surface area contributed by atoms with Crippen LogP contribution in [0.15, 0.2) is 11.1 Å². The lowest BCUT2D eigenvalue weighted by Gasteiger charge is -2.02. The fourth-order valence-corrected chi connectivity index (χ4v) is 2.86. The van der Waals surface area contributed by atoms with Crippen molar-refractivity contribution in [3.8, 4) is 0 Å². The third-order valence-electron chi connectivity index (χ3n) is 3.06. The van der Waals surface area contributed by atoms with Gasteiger partial charge in [-0.3, -0.25) is 0 Å². The minimum absolute atomic E-state index is 0.298. The van der Waals surface area contributed by atoms with Gasteiger partial charge in [0.25, 0.3) is 0 Å². The van der Waals surface area contributed by atoms with E-state index in [1.807, 2.05) is 25.1 Å². The maximum absolute atomic E-state index is 11.7. The predicted molar refractivity (Wildman–Crippen MR) is 78.5 cm³/mol. The Bertz CT molecular complexity index is 476. The maximum Gasteiger partial charge on any atom is 0.350 e. The summed E-state index contributed by atoms with van der Waals surface area (Å²) in [6.07, 6.45) is 6.69. The average Bonchev–Trinajstić information content (AvgIpc) is 3.12. The number of hydrogen-bond donors (Lipinski definition) is 0. The number of rotatable bonds is 6. The third kappa shape index (κ3) is 4.06. The molecule has 0 atom stereocenters. The molecule has 0 aromatic carbocycles. The number of aryl methyl sites for hydroxylation is 1. The third-order valence-corrected chi connectivity index (χ3v) is 4.22. The quantitative estimate of drug-likeness (QED) is 0.457. The van der Waals surface area contributed by atoms with Gasteiger partial charge < -0.3 is 9.64 Å². The van der Waals surface area contributed by atoms with E-state index in [4.69, 9.17) is 4.74 Å². The zero-order valence-electron chi connectivity index (χ0n) is 11.7. The van der Waals surface area contributed by atoms with Crippen LogP contribution in [-0.4, -0.2) is 38.4 Å². The highest BCUT2D eigenvalue weighted by atomic mass is 32.1. The summed E-state index contributed by atoms with van der Waals surface area (Å²) in [6.45, 7) is 0. The zero-order chi connectivity index (χ0) is 13.8. The minimum Gasteiger partial charge on any atom is -0.465 e. The van der Waals surface area contributed by atoms with Crippen molar-refractivity contribution in [1.82, 2.24) is 4.90 Å². The van der Waals surface area contributed by atoms with Gasteiger partial charge in [0.2, 0.25) is 0 Å². The SMILES string of the molecule is COC(=O)c1sc(CCC2CC2)cc1N=CN(C)C. The second-order valence-corrected chi connectivity index (χ2v) is 6.25. The molecule has 1 heterocycles. The average molecular weight is 280 g/mol. The van der Waals surface area contributed by atoms with E-state index in [0.717, 1.165) is 18.0 Å². The molecule has 0 aliphatic heterocycles. The lowest BCUT2D eigenvalue weighted by atomic mass is 10.2. The van der Waals surface area contributed by atoms with Gasteiger partial charge >= 0.3 is 5.97 Å². The molecule has 1 aliphatic carbocycles. The van der Waals surface area contributed by atoms with Gasteiger partial charge in [-0.15, -0.1) is 11.3 Å². The first-order valence-corrected chi connectivity index (χ1v) is 7.33. The topological polar surface area (TPSA) is 41.9 Å². The van der Waals surface area contributed by atoms with E-state index in [1.165, 1.54) is 42.6 Å². The highest BCUT2D eigenvalue weighted by molar-refractivity contribution is 7.14. The molecule has 0 amide bonds. The van der Waals surface area contributed by atoms with Crippen LogP contribution < -0.4 is 0 Å². The van der Waals surface area contributed by atoms with Crippen LogP contribution >= 0.6 is 11.3 Å². The number of hydrogen-bond acceptors (Lipinski definition) is 4. The Morgan fingerprint density at radius 2 is 2.32 bits per heavy atom. The van der Waals surface area contributed by atoms with Crippen LogP contribution in [0.25, 0.3) is 0 Å². The molecule has 0 saturated heterocycles. The van der Waals surface area contributed by atoms with E-state index in [1.54, 1.807) is 6.34 Å². The van der Waals surface area contributed by atoms with Crippen molar-refractivity contribution in [3.05, 3.63) is 15.8 Å². The van der Waals surface area contributed by atoms with Crippen molar-refractivity contribution >= 4 is 29.3 Å². The first kappa shape index (κ1) is 14.1. The second kappa shape index (κ2) is 6.19. The Labute approximate surface area is 118 Å². The largest absolute Gasteiger partial charge is 0.465 e. The molecule has 1 aliphatic rings. The van der Waals surface area contributed by atoms with Gasteiger partial charge in [0.15, 0.2) is 0 Å². The first-order valence-electron chi connectivity index (χ1n) is 6.51. The number of ether oxygens (including phenoxy) is 1. The number of nitrogens with zero attached hydrogens (tertiary/aromatic N) is 2. The van der Waals surface area contributed by atoms with Crippen LogP contribution in [0.3, 0.4) is 0 Å². The van der Waals surface area contributed by atoms with Gasteiger partial charge in [-0.2, -0.15) is 0 Å². The molecule has 19 heavy (non-hydrogen) atoms. The van der Waals surface area contributed by atoms with E-state index < -0.39 is 0 Å². The smallest absolute Gasteiger partial charge is 0.350 e. The van der Waals surface area contributed by atoms with E-state index >= 15 is 0 Å². The van der Waals surface area contributed by atoms with Crippen molar-refractivity contribution in [2.24, 2.45) is 10.9 Å². The van der Waals surface area contributed by atoms with Gasteiger partial charge in [-0.05, 0) is 24.8 Å². The molecule has 0 N–H and O–H groups in total. The first-order chi connectivity index (χ1) is 9.10. The van der Waals surface area contributed by atoms with Gasteiger partial charge in [0, 0.05) is 19.0 Å². The molecule has 104 valence electrons. The lowest BCUT2D eigenvalue weighted by Crippen LogP contribution is -2.07. The molecule has 5 heteroatoms. The second-order valence-electron chi connectivity index (χ2n) is 5.11. The van der Waals surface area contributed by atoms with Crippen LogP contribution in [0.5, 0.6) is 0 Å². The fourth-order valence-electron chi connectivity index (χ4n) is 1.82. The summed E-state index contributed by atoms with van der Waals surface area (Å²) in [4.78, 5) is 19.8. The molecule has 0 radical (unpaired) electrons. The van der Waals surface area contributed by atoms with Gasteiger partial charge in [0.05, 0.1) is 19.1 Å². The molecule has 1 fully saturated rings. The minimum atomic E-state index is -0.298. The number of carbonyl (C=O) groups excluding carboxylic acids is 1. The number of carbonyl (C=O) groups is 1. The van der Waals surface area contributed by atoms with Crippen molar-refractivity contribution in [3.63, 3.8) is 0 Å². The molecule has 0 bridgehead atoms. The van der Waals surface area contributed by atoms with Gasteiger partial charge in [-0.25, -0.2) is 9.79 Å². The van der Waals surface area contributed by atoms with E-state index in [9.17, 15) is 4.79 Å². The number of esters is 1. The summed E-state index contributed by atoms with van der Waals surface area (Å²) in [5.74, 6) is 0.603. The Balaban J connectivity index is 2.14. The van der Waals surface area contributed by atoms with Crippen LogP contribution in [0.1, 0.15) is 33.8 Å². The highest BCUT2D eigenvalue weighted by Crippen LogP contribution is 2.36. The molecule has 1 saturated carbocycles. The maximum atomic E-state index is 11.7. The van der Waals surface area contributed by atoms with Crippen molar-refractivity contribution in [2.45, 2.75) is 25.7 Å². The van der Waals surface area contributed by atoms with Crippen LogP contribution in [0, 0.1) is 5.92 Å². The number of thiophene rings is 1. The summed E-state index contributed by atoms with van der Waals surface area (Å²) in [5, 5.41) is 0. The number of methoxy groups -OCH3 is 1. The number of aliphatic imine (C=N–C) groups is 1. The van der Waals surface area contributed by atoms with Crippen molar-refractivity contribution in [2.75, 3.05) is 21.2 Å². The fraction of sp³-hybridized carbons (Fsp3) is 0.571. The van der Waals surface area contributed by atoms with Crippen molar-refractivity contribution < 1.29 is 9.53 Å². The van der Waals surface area contributed by atoms with Crippen LogP contribution in [-0.2, 0) is 11.2 Å². The Morgan fingerprint density at radius 3 is 2.89 bits per heavy atom. The molecule has 0 unspecified atom stereocenters. The summed E-state index contributed by atoms with van der Waals surface area (Å²) in [7, 11) is 5.22. The van der Waals surface area contributed by atoms with Gasteiger partial charge in [-0.1, -0.05) is 12.8 Å². The van der Waals surface area contributed by atoms with E-state index in [-0.39, 0.29) is 5.97 Å². The Morgan fingerprint density at radius 1 is 1.58 bits per heavy atom. The Hall–Kier alpha value is -1.36. The lowest BCUT2D eigenvalue weighted by molar-refractivity contribution is 0.0607. The van der Waals surface area contributed by atoms with Gasteiger partial charge in [0.1, 0.15) is 4.88 Å². The molecule has 1 aromatic rings. The summed E-state index contributed by atoms with van der Waals surface area (Å²) < 4.78 is 4.82. The van der Waals surface area contributed by atoms with E-state index in [2.05, 4.69) is 4.99 Å². The molecular weight excluding hydrogens is 260 g/mol. The zero-order valence-corrected chi connectivity index (χ0v) is 12.5. The molecular formula is C14H20N2O2S. The molecule has 4 nitrogen and oxygen atoms in total. The van der Waals surface area contributed by atoms with Crippen molar-refractivity contribution in [1.29, 1.82) is 0 Å². The standard InChI is InChI=1S/C14H20N2O2S/c1-16(2)9-15-12-8-11(7-6-10-4-5-10)19-13(12)14(17)18-3/h8-10H,4-7H2,1-3H3. The van der Waals surface area contributed by atoms with Crippen LogP contribution in [0.2, 0.25) is 0 Å². The predicted octanol–water partition coefficient (Wildman–Crippen LogP) is 3.10. The van der Waals surface area contributed by atoms with E-state index in [0.29, 0.717) is 4.88 Å².